The molecule has 0 saturated heterocycles. The molecule has 1 unspecified atom stereocenters. The molecule has 1 aromatic carbocycles. The quantitative estimate of drug-likeness (QED) is 0.748. The van der Waals surface area contributed by atoms with Gasteiger partial charge in [0, 0.05) is 10.7 Å². The van der Waals surface area contributed by atoms with Crippen molar-refractivity contribution in [1.82, 2.24) is 4.72 Å². The van der Waals surface area contributed by atoms with Crippen LogP contribution in [0.25, 0.3) is 6.08 Å². The zero-order valence-electron chi connectivity index (χ0n) is 13.5. The maximum Gasteiger partial charge on any atom is 0.316 e. The Hall–Kier alpha value is -2.92. The Morgan fingerprint density at radius 3 is 2.70 bits per heavy atom. The summed E-state index contributed by atoms with van der Waals surface area (Å²) in [7, 11) is -3.96. The van der Waals surface area contributed by atoms with Crippen molar-refractivity contribution in [2.75, 3.05) is 0 Å². The van der Waals surface area contributed by atoms with Crippen LogP contribution in [0.4, 0.5) is 8.78 Å². The summed E-state index contributed by atoms with van der Waals surface area (Å²) < 4.78 is 63.4. The standard InChI is InChI=1S/C16H12F2N2O6S/c17-15(18)14-12(16(21)20-22)7-9-6-11(3-4-13(9)26-14)27(23,24)19-8-10-2-1-5-25-10/h1-7,14-15,19H,8H2. The summed E-state index contributed by atoms with van der Waals surface area (Å²) >= 11 is 0. The average Bonchev–Trinajstić information content (AvgIpc) is 3.18. The van der Waals surface area contributed by atoms with Crippen LogP contribution in [0, 0.1) is 4.91 Å². The molecule has 1 aromatic heterocycles. The Bertz CT molecular complexity index is 1000. The molecule has 2 aromatic rings. The minimum atomic E-state index is -3.96. The van der Waals surface area contributed by atoms with Crippen molar-refractivity contribution in [3.05, 3.63) is 58.4 Å². The van der Waals surface area contributed by atoms with Crippen LogP contribution in [0.2, 0.25) is 0 Å². The molecule has 0 radical (unpaired) electrons. The Morgan fingerprint density at radius 2 is 2.07 bits per heavy atom. The number of amides is 1. The van der Waals surface area contributed by atoms with Crippen molar-refractivity contribution in [2.45, 2.75) is 24.0 Å². The molecule has 3 rings (SSSR count). The number of fused-ring (bicyclic) bond motifs is 1. The second-order valence-corrected chi connectivity index (χ2v) is 7.24. The fourth-order valence-corrected chi connectivity index (χ4v) is 3.48. The van der Waals surface area contributed by atoms with Gasteiger partial charge in [0.2, 0.25) is 10.0 Å². The van der Waals surface area contributed by atoms with E-state index in [4.69, 9.17) is 9.15 Å². The number of carbonyl (C=O) groups excluding carboxylic acids is 1. The molecular weight excluding hydrogens is 386 g/mol. The number of rotatable bonds is 6. The van der Waals surface area contributed by atoms with E-state index in [-0.39, 0.29) is 22.8 Å². The molecule has 1 aliphatic heterocycles. The molecule has 1 amide bonds. The van der Waals surface area contributed by atoms with Crippen LogP contribution in [0.3, 0.4) is 0 Å². The summed E-state index contributed by atoms with van der Waals surface area (Å²) in [4.78, 5) is 21.8. The predicted molar refractivity (Wildman–Crippen MR) is 88.4 cm³/mol. The average molecular weight is 398 g/mol. The van der Waals surface area contributed by atoms with Crippen LogP contribution in [0.1, 0.15) is 11.3 Å². The Morgan fingerprint density at radius 1 is 1.30 bits per heavy atom. The van der Waals surface area contributed by atoms with E-state index in [2.05, 4.69) is 9.90 Å². The van der Waals surface area contributed by atoms with Gasteiger partial charge in [0.05, 0.1) is 23.3 Å². The van der Waals surface area contributed by atoms with E-state index in [1.54, 1.807) is 12.1 Å². The largest absolute Gasteiger partial charge is 0.479 e. The van der Waals surface area contributed by atoms with E-state index >= 15 is 0 Å². The molecule has 0 bridgehead atoms. The smallest absolute Gasteiger partial charge is 0.316 e. The van der Waals surface area contributed by atoms with Crippen LogP contribution >= 0.6 is 0 Å². The Kier molecular flexibility index (Phi) is 5.15. The van der Waals surface area contributed by atoms with E-state index in [0.29, 0.717) is 5.76 Å². The lowest BCUT2D eigenvalue weighted by Crippen LogP contribution is -2.33. The lowest BCUT2D eigenvalue weighted by atomic mass is 10.0. The highest BCUT2D eigenvalue weighted by Crippen LogP contribution is 2.34. The van der Waals surface area contributed by atoms with Crippen molar-refractivity contribution in [3.63, 3.8) is 0 Å². The Labute approximate surface area is 151 Å². The normalized spacial score (nSPS) is 16.4. The maximum absolute atomic E-state index is 13.1. The van der Waals surface area contributed by atoms with E-state index in [1.807, 2.05) is 0 Å². The highest BCUT2D eigenvalue weighted by Gasteiger charge is 2.35. The van der Waals surface area contributed by atoms with Crippen LogP contribution < -0.4 is 9.46 Å². The first-order valence-corrected chi connectivity index (χ1v) is 9.00. The first kappa shape index (κ1) is 18.9. The molecule has 1 aliphatic rings. The number of nitrogens with zero attached hydrogens (tertiary/aromatic N) is 1. The second-order valence-electron chi connectivity index (χ2n) is 5.47. The zero-order chi connectivity index (χ0) is 19.6. The molecule has 2 heterocycles. The number of alkyl halides is 2. The first-order valence-electron chi connectivity index (χ1n) is 7.52. The third-order valence-electron chi connectivity index (χ3n) is 3.74. The lowest BCUT2D eigenvalue weighted by molar-refractivity contribution is -0.116. The van der Waals surface area contributed by atoms with Crippen molar-refractivity contribution >= 4 is 22.0 Å². The number of benzene rings is 1. The van der Waals surface area contributed by atoms with Gasteiger partial charge in [-0.05, 0) is 36.4 Å². The van der Waals surface area contributed by atoms with Gasteiger partial charge in [-0.15, -0.1) is 4.91 Å². The minimum Gasteiger partial charge on any atom is -0.479 e. The lowest BCUT2D eigenvalue weighted by Gasteiger charge is -2.25. The molecule has 1 N–H and O–H groups in total. The molecule has 142 valence electrons. The van der Waals surface area contributed by atoms with Crippen LogP contribution in [-0.2, 0) is 21.4 Å². The molecule has 0 fully saturated rings. The molecule has 27 heavy (non-hydrogen) atoms. The summed E-state index contributed by atoms with van der Waals surface area (Å²) in [6.45, 7) is -0.0923. The van der Waals surface area contributed by atoms with Gasteiger partial charge in [-0.1, -0.05) is 0 Å². The van der Waals surface area contributed by atoms with Gasteiger partial charge < -0.3 is 9.15 Å². The van der Waals surface area contributed by atoms with Crippen molar-refractivity contribution in [1.29, 1.82) is 0 Å². The number of hydrogen-bond donors (Lipinski definition) is 1. The summed E-state index contributed by atoms with van der Waals surface area (Å²) in [5.74, 6) is -1.06. The van der Waals surface area contributed by atoms with Gasteiger partial charge in [0.15, 0.2) is 6.10 Å². The van der Waals surface area contributed by atoms with E-state index in [9.17, 15) is 26.9 Å². The van der Waals surface area contributed by atoms with E-state index in [1.165, 1.54) is 18.4 Å². The van der Waals surface area contributed by atoms with E-state index in [0.717, 1.165) is 12.1 Å². The third kappa shape index (κ3) is 3.93. The highest BCUT2D eigenvalue weighted by molar-refractivity contribution is 7.89. The van der Waals surface area contributed by atoms with Gasteiger partial charge in [-0.2, -0.15) is 0 Å². The minimum absolute atomic E-state index is 0.0484. The first-order chi connectivity index (χ1) is 12.8. The Balaban J connectivity index is 1.92. The van der Waals surface area contributed by atoms with E-state index < -0.39 is 34.0 Å². The maximum atomic E-state index is 13.1. The number of ether oxygens (including phenoxy) is 1. The molecular formula is C16H12F2N2O6S. The van der Waals surface area contributed by atoms with Crippen molar-refractivity contribution < 1.29 is 31.1 Å². The number of hydrogen-bond acceptors (Lipinski definition) is 6. The van der Waals surface area contributed by atoms with Crippen molar-refractivity contribution in [2.24, 2.45) is 5.18 Å². The summed E-state index contributed by atoms with van der Waals surface area (Å²) in [5, 5.41) is 2.14. The predicted octanol–water partition coefficient (Wildman–Crippen LogP) is 2.46. The van der Waals surface area contributed by atoms with Gasteiger partial charge in [-0.25, -0.2) is 21.9 Å². The SMILES string of the molecule is O=NC(=O)C1=Cc2cc(S(=O)(=O)NCc3ccco3)ccc2OC1C(F)F. The van der Waals surface area contributed by atoms with Crippen LogP contribution in [-0.4, -0.2) is 26.9 Å². The third-order valence-corrected chi connectivity index (χ3v) is 5.14. The van der Waals surface area contributed by atoms with Crippen molar-refractivity contribution in [3.8, 4) is 5.75 Å². The van der Waals surface area contributed by atoms with Gasteiger partial charge >= 0.3 is 5.91 Å². The molecule has 0 spiro atoms. The zero-order valence-corrected chi connectivity index (χ0v) is 14.3. The fourth-order valence-electron chi connectivity index (χ4n) is 2.45. The van der Waals surface area contributed by atoms with Gasteiger partial charge in [0.25, 0.3) is 6.43 Å². The topological polar surface area (TPSA) is 115 Å². The summed E-state index contributed by atoms with van der Waals surface area (Å²) in [5.41, 5.74) is -0.592. The summed E-state index contributed by atoms with van der Waals surface area (Å²) in [6, 6.07) is 6.69. The van der Waals surface area contributed by atoms with Crippen LogP contribution in [0.15, 0.2) is 56.7 Å². The molecule has 11 heteroatoms. The fraction of sp³-hybridized carbons (Fsp3) is 0.188. The number of furan rings is 1. The number of sulfonamides is 1. The second kappa shape index (κ2) is 7.37. The van der Waals surface area contributed by atoms with Gasteiger partial charge in [-0.3, -0.25) is 4.79 Å². The summed E-state index contributed by atoms with van der Waals surface area (Å²) in [6.07, 6.45) is -2.66. The number of nitrogens with one attached hydrogen (secondary N) is 1. The number of carbonyl (C=O) groups is 1. The number of nitroso groups, excluding NO2 is 1. The highest BCUT2D eigenvalue weighted by atomic mass is 32.2. The number of halogens is 2. The molecule has 8 nitrogen and oxygen atoms in total. The monoisotopic (exact) mass is 398 g/mol. The molecule has 0 aliphatic carbocycles. The van der Waals surface area contributed by atoms with Crippen LogP contribution in [0.5, 0.6) is 5.75 Å². The molecule has 1 atom stereocenters. The van der Waals surface area contributed by atoms with Gasteiger partial charge in [0.1, 0.15) is 11.5 Å². The molecule has 0 saturated carbocycles.